The number of hydrogen-bond donors (Lipinski definition) is 0. The summed E-state index contributed by atoms with van der Waals surface area (Å²) < 4.78 is 17.6. The van der Waals surface area contributed by atoms with Gasteiger partial charge < -0.3 is 14.2 Å². The molecule has 0 aliphatic heterocycles. The minimum Gasteiger partial charge on any atom is -0.469 e. The molecule has 0 aliphatic carbocycles. The average molecular weight is 583 g/mol. The second-order valence-electron chi connectivity index (χ2n) is 8.03. The Balaban J connectivity index is 0.000000181. The molecule has 200 valence electrons. The van der Waals surface area contributed by atoms with Crippen molar-refractivity contribution in [2.75, 3.05) is 21.3 Å². The van der Waals surface area contributed by atoms with Crippen molar-refractivity contribution in [2.24, 2.45) is 0 Å². The van der Waals surface area contributed by atoms with E-state index in [1.807, 2.05) is 24.3 Å². The van der Waals surface area contributed by atoms with Gasteiger partial charge in [-0.3, -0.25) is 18.7 Å². The molecule has 0 atom stereocenters. The Kier molecular flexibility index (Phi) is 8.69. The predicted molar refractivity (Wildman–Crippen MR) is 152 cm³/mol. The summed E-state index contributed by atoms with van der Waals surface area (Å²) in [4.78, 5) is 47.2. The number of rotatable bonds is 4. The molecule has 0 saturated heterocycles. The van der Waals surface area contributed by atoms with Crippen molar-refractivity contribution in [3.8, 4) is 10.4 Å². The van der Waals surface area contributed by atoms with Gasteiger partial charge >= 0.3 is 18.2 Å². The quantitative estimate of drug-likeness (QED) is 0.0570. The van der Waals surface area contributed by atoms with Gasteiger partial charge in [-0.2, -0.15) is 0 Å². The molecule has 5 aromatic rings. The fraction of sp³-hybridized carbons (Fsp3) is 0.148. The Morgan fingerprint density at radius 1 is 0.744 bits per heavy atom. The molecule has 39 heavy (non-hydrogen) atoms. The summed E-state index contributed by atoms with van der Waals surface area (Å²) in [7, 11) is 7.16. The van der Waals surface area contributed by atoms with Gasteiger partial charge in [0.05, 0.1) is 32.4 Å². The molecule has 0 aliphatic rings. The van der Waals surface area contributed by atoms with Gasteiger partial charge in [-0.05, 0) is 54.1 Å². The lowest BCUT2D eigenvalue weighted by Gasteiger charge is -2.03. The maximum Gasteiger partial charge on any atom is 0.418 e. The molecule has 0 bridgehead atoms. The minimum atomic E-state index is -0.581. The third-order valence-electron chi connectivity index (χ3n) is 5.72. The van der Waals surface area contributed by atoms with E-state index in [9.17, 15) is 19.2 Å². The van der Waals surface area contributed by atoms with Gasteiger partial charge in [0.2, 0.25) is 0 Å². The maximum atomic E-state index is 11.9. The highest BCUT2D eigenvalue weighted by Crippen LogP contribution is 2.31. The third kappa shape index (κ3) is 6.14. The second-order valence-corrected chi connectivity index (χ2v) is 10.9. The Hall–Kier alpha value is -4.13. The monoisotopic (exact) mass is 582 g/mol. The van der Waals surface area contributed by atoms with Gasteiger partial charge in [0.25, 0.3) is 0 Å². The second kappa shape index (κ2) is 12.2. The zero-order valence-electron chi connectivity index (χ0n) is 21.0. The number of benzene rings is 2. The largest absolute Gasteiger partial charge is 0.469 e. The highest BCUT2D eigenvalue weighted by atomic mass is 32.9. The summed E-state index contributed by atoms with van der Waals surface area (Å²) >= 11 is 5.15. The van der Waals surface area contributed by atoms with E-state index < -0.39 is 12.1 Å². The van der Waals surface area contributed by atoms with Crippen molar-refractivity contribution in [3.63, 3.8) is 0 Å². The average Bonchev–Trinajstić information content (AvgIpc) is 3.69. The van der Waals surface area contributed by atoms with Crippen LogP contribution in [0.2, 0.25) is 0 Å². The first-order valence-electron chi connectivity index (χ1n) is 11.3. The summed E-state index contributed by atoms with van der Waals surface area (Å²) in [6, 6.07) is 16.4. The van der Waals surface area contributed by atoms with E-state index in [1.54, 1.807) is 57.3 Å². The fourth-order valence-corrected chi connectivity index (χ4v) is 6.20. The molecule has 0 saturated carbocycles. The third-order valence-corrected chi connectivity index (χ3v) is 8.63. The number of Topliss-reactive ketones (excluding diaryl/α,β-unsaturated/α-hetero) is 1. The van der Waals surface area contributed by atoms with Crippen LogP contribution in [0.15, 0.2) is 67.0 Å². The number of hydrogen-bond acceptors (Lipinski definition) is 10. The summed E-state index contributed by atoms with van der Waals surface area (Å²) in [6.45, 7) is 0. The van der Waals surface area contributed by atoms with Gasteiger partial charge in [-0.25, -0.2) is 9.59 Å². The molecule has 2 aromatic carbocycles. The van der Waals surface area contributed by atoms with Crippen molar-refractivity contribution in [1.29, 1.82) is 0 Å². The van der Waals surface area contributed by atoms with E-state index in [-0.39, 0.29) is 18.3 Å². The molecule has 0 fully saturated rings. The smallest absolute Gasteiger partial charge is 0.418 e. The molecular weight excluding hydrogens is 561 g/mol. The lowest BCUT2D eigenvalue weighted by Crippen LogP contribution is -2.10. The first-order chi connectivity index (χ1) is 18.7. The molecule has 0 spiro atoms. The molecule has 0 amide bonds. The van der Waals surface area contributed by atoms with E-state index in [0.29, 0.717) is 16.5 Å². The lowest BCUT2D eigenvalue weighted by molar-refractivity contribution is -0.139. The lowest BCUT2D eigenvalue weighted by atomic mass is 10.1. The number of carbonyl (C=O) groups is 4. The molecule has 5 rings (SSSR count). The van der Waals surface area contributed by atoms with Crippen LogP contribution in [-0.2, 0) is 19.0 Å². The van der Waals surface area contributed by atoms with E-state index >= 15 is 0 Å². The normalized spacial score (nSPS) is 10.5. The van der Waals surface area contributed by atoms with Gasteiger partial charge in [0.1, 0.15) is 10.2 Å². The molecule has 3 heterocycles. The Morgan fingerprint density at radius 2 is 1.33 bits per heavy atom. The van der Waals surface area contributed by atoms with Gasteiger partial charge in [0, 0.05) is 33.6 Å². The number of fused-ring (bicyclic) bond motifs is 2. The zero-order chi connectivity index (χ0) is 28.1. The van der Waals surface area contributed by atoms with E-state index in [0.717, 1.165) is 25.2 Å². The minimum absolute atomic E-state index is 0.306. The van der Waals surface area contributed by atoms with Crippen LogP contribution in [0.5, 0.6) is 0 Å². The molecule has 0 radical (unpaired) electrons. The molecule has 0 N–H and O–H groups in total. The summed E-state index contributed by atoms with van der Waals surface area (Å²) in [5.74, 6) is -0.910. The Morgan fingerprint density at radius 3 is 1.87 bits per heavy atom. The van der Waals surface area contributed by atoms with Crippen LogP contribution >= 0.6 is 32.9 Å². The van der Waals surface area contributed by atoms with Crippen molar-refractivity contribution in [3.05, 3.63) is 76.4 Å². The van der Waals surface area contributed by atoms with Crippen LogP contribution in [0.1, 0.15) is 16.8 Å². The van der Waals surface area contributed by atoms with Gasteiger partial charge in [-0.15, -0.1) is 0 Å². The fourth-order valence-electron chi connectivity index (χ4n) is 3.80. The predicted octanol–water partition coefficient (Wildman–Crippen LogP) is 6.78. The van der Waals surface area contributed by atoms with E-state index in [2.05, 4.69) is 15.5 Å². The van der Waals surface area contributed by atoms with Crippen LogP contribution in [-0.4, -0.2) is 54.4 Å². The van der Waals surface area contributed by atoms with Crippen LogP contribution in [0, 0.1) is 3.82 Å². The summed E-state index contributed by atoms with van der Waals surface area (Å²) in [5, 5.41) is 1.72. The van der Waals surface area contributed by atoms with Crippen LogP contribution in [0.25, 0.3) is 32.2 Å². The van der Waals surface area contributed by atoms with E-state index in [4.69, 9.17) is 17.0 Å². The molecule has 9 nitrogen and oxygen atoms in total. The number of aromatic nitrogens is 2. The topological polar surface area (TPSA) is 106 Å². The first-order valence-corrected chi connectivity index (χ1v) is 13.9. The van der Waals surface area contributed by atoms with Gasteiger partial charge in [0.15, 0.2) is 5.78 Å². The molecule has 3 aromatic heterocycles. The number of ketones is 1. The number of esters is 1. The molecule has 0 unspecified atom stereocenters. The van der Waals surface area contributed by atoms with Crippen molar-refractivity contribution in [2.45, 2.75) is 6.42 Å². The zero-order valence-corrected chi connectivity index (χ0v) is 23.5. The SMILES string of the molecule is COC(=O)CC(=O)c1ccc2c(ccn2C(=O)OC)c1.COC(=O)n1ccc2cc(-c3cc(=S)ss3)ccc21. The number of methoxy groups -OCH3 is 3. The van der Waals surface area contributed by atoms with Gasteiger partial charge in [-0.1, -0.05) is 39.0 Å². The summed E-state index contributed by atoms with van der Waals surface area (Å²) in [6.07, 6.45) is 2.09. The number of carbonyl (C=O) groups excluding carboxylic acids is 4. The van der Waals surface area contributed by atoms with Crippen LogP contribution < -0.4 is 0 Å². The van der Waals surface area contributed by atoms with Crippen molar-refractivity contribution in [1.82, 2.24) is 9.13 Å². The first kappa shape index (κ1) is 27.9. The number of nitrogens with zero attached hydrogens (tertiary/aromatic N) is 2. The van der Waals surface area contributed by atoms with Crippen LogP contribution in [0.3, 0.4) is 0 Å². The number of ether oxygens (including phenoxy) is 3. The van der Waals surface area contributed by atoms with Crippen LogP contribution in [0.4, 0.5) is 9.59 Å². The Bertz CT molecular complexity index is 1760. The van der Waals surface area contributed by atoms with Crippen molar-refractivity contribution >= 4 is 78.6 Å². The Labute approximate surface area is 235 Å². The molecule has 12 heteroatoms. The van der Waals surface area contributed by atoms with E-state index in [1.165, 1.54) is 30.5 Å². The van der Waals surface area contributed by atoms with Crippen molar-refractivity contribution < 1.29 is 33.4 Å². The highest BCUT2D eigenvalue weighted by Gasteiger charge is 2.15. The molecular formula is C27H22N2O7S3. The highest BCUT2D eigenvalue weighted by molar-refractivity contribution is 7.80. The standard InChI is InChI=1S/C14H13NO5.C13H9NO2S3/c1-19-13(17)8-12(16)10-3-4-11-9(7-10)5-6-15(11)14(18)20-2;1-16-13(15)14-5-4-8-6-9(2-3-10(8)14)11-7-12(17)19-18-11/h3-7H,8H2,1-2H3;2-7H,1H3. The maximum absolute atomic E-state index is 11.9. The summed E-state index contributed by atoms with van der Waals surface area (Å²) in [5.41, 5.74) is 2.99.